The lowest BCUT2D eigenvalue weighted by molar-refractivity contribution is -0.117. The van der Waals surface area contributed by atoms with Gasteiger partial charge < -0.3 is 19.9 Å². The summed E-state index contributed by atoms with van der Waals surface area (Å²) in [6, 6.07) is 10.3. The van der Waals surface area contributed by atoms with Gasteiger partial charge in [-0.05, 0) is 48.7 Å². The fourth-order valence-corrected chi connectivity index (χ4v) is 4.63. The normalized spacial score (nSPS) is 21.6. The van der Waals surface area contributed by atoms with E-state index in [0.717, 1.165) is 74.9 Å². The van der Waals surface area contributed by atoms with E-state index in [4.69, 9.17) is 9.72 Å². The molecule has 0 radical (unpaired) electrons. The van der Waals surface area contributed by atoms with Gasteiger partial charge in [0.25, 0.3) is 0 Å². The molecule has 0 saturated carbocycles. The van der Waals surface area contributed by atoms with Gasteiger partial charge in [0.05, 0.1) is 12.8 Å². The molecule has 1 atom stereocenters. The molecule has 1 aromatic heterocycles. The molecule has 152 valence electrons. The smallest absolute Gasteiger partial charge is 0.247 e. The van der Waals surface area contributed by atoms with Crippen LogP contribution >= 0.6 is 0 Å². The molecular formula is C22H27N5O2. The number of pyridine rings is 1. The zero-order valence-electron chi connectivity index (χ0n) is 16.8. The predicted molar refractivity (Wildman–Crippen MR) is 114 cm³/mol. The molecule has 2 aromatic rings. The van der Waals surface area contributed by atoms with Gasteiger partial charge in [-0.25, -0.2) is 4.98 Å². The molecular weight excluding hydrogens is 366 g/mol. The monoisotopic (exact) mass is 393 g/mol. The van der Waals surface area contributed by atoms with Crippen molar-refractivity contribution in [3.8, 4) is 5.75 Å². The van der Waals surface area contributed by atoms with Gasteiger partial charge in [-0.15, -0.1) is 0 Å². The summed E-state index contributed by atoms with van der Waals surface area (Å²) in [7, 11) is 1.69. The largest absolute Gasteiger partial charge is 0.497 e. The number of methoxy groups -OCH3 is 1. The van der Waals surface area contributed by atoms with Crippen LogP contribution in [0.15, 0.2) is 36.5 Å². The molecule has 4 heterocycles. The van der Waals surface area contributed by atoms with E-state index in [2.05, 4.69) is 38.2 Å². The summed E-state index contributed by atoms with van der Waals surface area (Å²) in [6.45, 7) is 5.78. The van der Waals surface area contributed by atoms with E-state index < -0.39 is 0 Å². The molecule has 0 spiro atoms. The number of anilines is 3. The molecule has 1 aromatic carbocycles. The molecule has 0 unspecified atom stereocenters. The Balaban J connectivity index is 1.22. The molecule has 0 aliphatic carbocycles. The highest BCUT2D eigenvalue weighted by Gasteiger charge is 2.37. The number of hydrogen-bond acceptors (Lipinski definition) is 6. The summed E-state index contributed by atoms with van der Waals surface area (Å²) >= 11 is 0. The average Bonchev–Trinajstić information content (AvgIpc) is 3.25. The number of amides is 1. The molecule has 3 aliphatic heterocycles. The molecule has 7 heteroatoms. The summed E-state index contributed by atoms with van der Waals surface area (Å²) in [5.41, 5.74) is 3.26. The van der Waals surface area contributed by atoms with Gasteiger partial charge in [-0.1, -0.05) is 0 Å². The van der Waals surface area contributed by atoms with Crippen molar-refractivity contribution in [3.05, 3.63) is 42.1 Å². The zero-order chi connectivity index (χ0) is 19.8. The van der Waals surface area contributed by atoms with Gasteiger partial charge >= 0.3 is 0 Å². The maximum Gasteiger partial charge on any atom is 0.247 e. The maximum absolute atomic E-state index is 12.3. The van der Waals surface area contributed by atoms with Crippen molar-refractivity contribution in [3.63, 3.8) is 0 Å². The first-order chi connectivity index (χ1) is 14.2. The number of piperazine rings is 1. The van der Waals surface area contributed by atoms with Crippen LogP contribution in [0.1, 0.15) is 18.4 Å². The number of nitrogens with one attached hydrogen (secondary N) is 1. The van der Waals surface area contributed by atoms with Crippen LogP contribution in [0.3, 0.4) is 0 Å². The first-order valence-electron chi connectivity index (χ1n) is 10.4. The standard InChI is InChI=1S/C22H27N5O2/c1-29-18-6-4-17(5-7-18)26-11-9-25(10-12-26)15-16-13-19-21(23-14-16)27-8-2-3-20(27)22(28)24-19/h4-7,13-14,20H,2-3,8-12,15H2,1H3,(H,24,28)/t20-/m0/s1. The summed E-state index contributed by atoms with van der Waals surface area (Å²) in [5, 5.41) is 3.07. The van der Waals surface area contributed by atoms with E-state index in [1.165, 1.54) is 5.69 Å². The van der Waals surface area contributed by atoms with E-state index in [-0.39, 0.29) is 11.9 Å². The van der Waals surface area contributed by atoms with Crippen LogP contribution in [0, 0.1) is 0 Å². The fraction of sp³-hybridized carbons (Fsp3) is 0.455. The molecule has 1 N–H and O–H groups in total. The molecule has 29 heavy (non-hydrogen) atoms. The zero-order valence-corrected chi connectivity index (χ0v) is 16.8. The van der Waals surface area contributed by atoms with E-state index >= 15 is 0 Å². The third-order valence-electron chi connectivity index (χ3n) is 6.22. The van der Waals surface area contributed by atoms with Crippen molar-refractivity contribution in [1.82, 2.24) is 9.88 Å². The molecule has 1 amide bonds. The van der Waals surface area contributed by atoms with Gasteiger partial charge in [0.2, 0.25) is 5.91 Å². The van der Waals surface area contributed by atoms with Crippen molar-refractivity contribution < 1.29 is 9.53 Å². The Hall–Kier alpha value is -2.80. The molecule has 2 fully saturated rings. The van der Waals surface area contributed by atoms with Crippen molar-refractivity contribution in [1.29, 1.82) is 0 Å². The Morgan fingerprint density at radius 1 is 1.14 bits per heavy atom. The number of fused-ring (bicyclic) bond motifs is 3. The number of benzene rings is 1. The Bertz CT molecular complexity index is 893. The highest BCUT2D eigenvalue weighted by molar-refractivity contribution is 6.03. The Labute approximate surface area is 171 Å². The molecule has 0 bridgehead atoms. The number of carbonyl (C=O) groups is 1. The number of hydrogen-bond donors (Lipinski definition) is 1. The van der Waals surface area contributed by atoms with Crippen LogP contribution < -0.4 is 19.9 Å². The Kier molecular flexibility index (Phi) is 4.75. The summed E-state index contributed by atoms with van der Waals surface area (Å²) in [5.74, 6) is 1.93. The third kappa shape index (κ3) is 3.51. The SMILES string of the molecule is COc1ccc(N2CCN(Cc3cnc4c(c3)NC(=O)[C@@H]3CCCN43)CC2)cc1. The van der Waals surface area contributed by atoms with Gasteiger partial charge in [0, 0.05) is 51.2 Å². The van der Waals surface area contributed by atoms with E-state index in [1.54, 1.807) is 7.11 Å². The lowest BCUT2D eigenvalue weighted by atomic mass is 10.1. The van der Waals surface area contributed by atoms with Crippen molar-refractivity contribution >= 4 is 23.1 Å². The maximum atomic E-state index is 12.3. The molecule has 7 nitrogen and oxygen atoms in total. The Morgan fingerprint density at radius 2 is 1.93 bits per heavy atom. The predicted octanol–water partition coefficient (Wildman–Crippen LogP) is 2.33. The van der Waals surface area contributed by atoms with Gasteiger partial charge in [-0.2, -0.15) is 0 Å². The van der Waals surface area contributed by atoms with Crippen molar-refractivity contribution in [2.75, 3.05) is 55.0 Å². The van der Waals surface area contributed by atoms with Crippen LogP contribution in [0.5, 0.6) is 5.75 Å². The van der Waals surface area contributed by atoms with E-state index in [9.17, 15) is 4.79 Å². The Morgan fingerprint density at radius 3 is 2.69 bits per heavy atom. The minimum absolute atomic E-state index is 0.0353. The highest BCUT2D eigenvalue weighted by Crippen LogP contribution is 2.35. The van der Waals surface area contributed by atoms with Gasteiger partial charge in [0.1, 0.15) is 11.8 Å². The van der Waals surface area contributed by atoms with Crippen LogP contribution in [-0.4, -0.2) is 61.7 Å². The third-order valence-corrected chi connectivity index (χ3v) is 6.22. The summed E-state index contributed by atoms with van der Waals surface area (Å²) in [4.78, 5) is 24.1. The number of carbonyl (C=O) groups excluding carboxylic acids is 1. The molecule has 2 saturated heterocycles. The van der Waals surface area contributed by atoms with Crippen LogP contribution in [0.25, 0.3) is 0 Å². The quantitative estimate of drug-likeness (QED) is 0.860. The first kappa shape index (κ1) is 18.2. The highest BCUT2D eigenvalue weighted by atomic mass is 16.5. The van der Waals surface area contributed by atoms with Crippen LogP contribution in [0.2, 0.25) is 0 Å². The van der Waals surface area contributed by atoms with Crippen LogP contribution in [-0.2, 0) is 11.3 Å². The second-order valence-electron chi connectivity index (χ2n) is 8.02. The van der Waals surface area contributed by atoms with E-state index in [1.807, 2.05) is 18.3 Å². The number of aromatic nitrogens is 1. The number of rotatable bonds is 4. The second kappa shape index (κ2) is 7.55. The fourth-order valence-electron chi connectivity index (χ4n) is 4.63. The topological polar surface area (TPSA) is 60.9 Å². The lowest BCUT2D eigenvalue weighted by Crippen LogP contribution is -2.46. The number of ether oxygens (including phenoxy) is 1. The van der Waals surface area contributed by atoms with Gasteiger partial charge in [-0.3, -0.25) is 9.69 Å². The minimum Gasteiger partial charge on any atom is -0.497 e. The van der Waals surface area contributed by atoms with Crippen molar-refractivity contribution in [2.45, 2.75) is 25.4 Å². The van der Waals surface area contributed by atoms with Crippen LogP contribution in [0.4, 0.5) is 17.2 Å². The second-order valence-corrected chi connectivity index (χ2v) is 8.02. The van der Waals surface area contributed by atoms with E-state index in [0.29, 0.717) is 0 Å². The molecule has 3 aliphatic rings. The summed E-state index contributed by atoms with van der Waals surface area (Å²) < 4.78 is 5.25. The lowest BCUT2D eigenvalue weighted by Gasteiger charge is -2.36. The molecule has 5 rings (SSSR count). The van der Waals surface area contributed by atoms with Crippen molar-refractivity contribution in [2.24, 2.45) is 0 Å². The summed E-state index contributed by atoms with van der Waals surface area (Å²) in [6.07, 6.45) is 3.95. The van der Waals surface area contributed by atoms with Gasteiger partial charge in [0.15, 0.2) is 5.82 Å². The first-order valence-corrected chi connectivity index (χ1v) is 10.4. The minimum atomic E-state index is -0.0353. The number of nitrogens with zero attached hydrogens (tertiary/aromatic N) is 4. The average molecular weight is 393 g/mol.